The lowest BCUT2D eigenvalue weighted by atomic mass is 10.2. The van der Waals surface area contributed by atoms with Crippen LogP contribution in [-0.2, 0) is 0 Å². The molecule has 0 unspecified atom stereocenters. The van der Waals surface area contributed by atoms with Crippen LogP contribution in [0.4, 0.5) is 0 Å². The van der Waals surface area contributed by atoms with Gasteiger partial charge in [0.1, 0.15) is 0 Å². The van der Waals surface area contributed by atoms with Crippen LogP contribution in [-0.4, -0.2) is 32.6 Å². The molecule has 0 aromatic rings. The highest BCUT2D eigenvalue weighted by Crippen LogP contribution is 2.23. The maximum Gasteiger partial charge on any atom is 0.0781 e. The molecule has 1 fully saturated rings. The highest BCUT2D eigenvalue weighted by Gasteiger charge is 2.26. The fourth-order valence-electron chi connectivity index (χ4n) is 2.26. The van der Waals surface area contributed by atoms with E-state index in [1.807, 2.05) is 0 Å². The van der Waals surface area contributed by atoms with Gasteiger partial charge < -0.3 is 4.90 Å². The molecule has 0 atom stereocenters. The fraction of sp³-hybridized carbons (Fsp3) is 0.833. The van der Waals surface area contributed by atoms with E-state index in [2.05, 4.69) is 37.4 Å². The Morgan fingerprint density at radius 2 is 1.86 bits per heavy atom. The number of likely N-dealkylation sites (tertiary alicyclic amines) is 1. The van der Waals surface area contributed by atoms with E-state index >= 15 is 0 Å². The van der Waals surface area contributed by atoms with Gasteiger partial charge in [-0.25, -0.2) is 0 Å². The Morgan fingerprint density at radius 1 is 1.21 bits per heavy atom. The zero-order valence-electron chi connectivity index (χ0n) is 10.1. The maximum atomic E-state index is 2.61. The number of allylic oxidation sites excluding steroid dienone is 1. The normalized spacial score (nSPS) is 18.8. The summed E-state index contributed by atoms with van der Waals surface area (Å²) in [6.45, 7) is 11.0. The van der Waals surface area contributed by atoms with Crippen molar-refractivity contribution >= 4 is 8.07 Å². The van der Waals surface area contributed by atoms with Gasteiger partial charge in [0.05, 0.1) is 8.07 Å². The molecule has 1 heterocycles. The Morgan fingerprint density at radius 3 is 2.21 bits per heavy atom. The van der Waals surface area contributed by atoms with Crippen molar-refractivity contribution in [2.24, 2.45) is 0 Å². The zero-order chi connectivity index (χ0) is 10.4. The largest absolute Gasteiger partial charge is 0.304 e. The van der Waals surface area contributed by atoms with Crippen LogP contribution in [0.3, 0.4) is 0 Å². The van der Waals surface area contributed by atoms with E-state index in [1.54, 1.807) is 0 Å². The van der Waals surface area contributed by atoms with E-state index in [4.69, 9.17) is 0 Å². The minimum absolute atomic E-state index is 1.01. The topological polar surface area (TPSA) is 3.24 Å². The van der Waals surface area contributed by atoms with Gasteiger partial charge in [-0.15, -0.1) is 0 Å². The molecule has 0 aromatic heterocycles. The van der Waals surface area contributed by atoms with Crippen LogP contribution in [0, 0.1) is 0 Å². The Bertz CT molecular complexity index is 181. The third-order valence-electron chi connectivity index (χ3n) is 3.80. The molecule has 82 valence electrons. The summed E-state index contributed by atoms with van der Waals surface area (Å²) >= 11 is 0. The average Bonchev–Trinajstić information content (AvgIpc) is 2.14. The predicted molar refractivity (Wildman–Crippen MR) is 67.4 cm³/mol. The molecule has 1 aliphatic rings. The molecule has 14 heavy (non-hydrogen) atoms. The Kier molecular flexibility index (Phi) is 4.89. The minimum Gasteiger partial charge on any atom is -0.304 e. The van der Waals surface area contributed by atoms with E-state index in [1.165, 1.54) is 44.2 Å². The first-order valence-corrected chi connectivity index (χ1v) is 8.82. The lowest BCUT2D eigenvalue weighted by molar-refractivity contribution is 0.191. The minimum atomic E-state index is -1.01. The van der Waals surface area contributed by atoms with Gasteiger partial charge in [0.2, 0.25) is 0 Å². The first-order valence-electron chi connectivity index (χ1n) is 6.12. The van der Waals surface area contributed by atoms with Gasteiger partial charge >= 0.3 is 0 Å². The van der Waals surface area contributed by atoms with Crippen LogP contribution in [0.1, 0.15) is 27.2 Å². The molecule has 1 nitrogen and oxygen atoms in total. The van der Waals surface area contributed by atoms with Gasteiger partial charge in [-0.3, -0.25) is 0 Å². The standard InChI is InChI=1S/C12H25NSi/c1-4-11-14(5-2,6-3)12-10-13-8-7-9-13/h4,11H,5-10,12H2,1-3H3. The van der Waals surface area contributed by atoms with E-state index in [-0.39, 0.29) is 0 Å². The summed E-state index contributed by atoms with van der Waals surface area (Å²) in [4.78, 5) is 2.61. The smallest absolute Gasteiger partial charge is 0.0781 e. The highest BCUT2D eigenvalue weighted by molar-refractivity contribution is 6.84. The lowest BCUT2D eigenvalue weighted by Crippen LogP contribution is -2.42. The second-order valence-corrected chi connectivity index (χ2v) is 9.49. The van der Waals surface area contributed by atoms with Gasteiger partial charge in [-0.2, -0.15) is 0 Å². The van der Waals surface area contributed by atoms with Crippen molar-refractivity contribution in [2.75, 3.05) is 19.6 Å². The maximum absolute atomic E-state index is 2.61. The van der Waals surface area contributed by atoms with E-state index < -0.39 is 8.07 Å². The molecule has 0 N–H and O–H groups in total. The SMILES string of the molecule is CC=C[Si](CC)(CC)CCN1CCC1. The molecule has 2 heteroatoms. The Hall–Kier alpha value is -0.0831. The van der Waals surface area contributed by atoms with Crippen molar-refractivity contribution in [3.63, 3.8) is 0 Å². The molecule has 1 saturated heterocycles. The number of rotatable bonds is 6. The second-order valence-electron chi connectivity index (χ2n) is 4.51. The van der Waals surface area contributed by atoms with Crippen molar-refractivity contribution < 1.29 is 0 Å². The molecule has 0 bridgehead atoms. The highest BCUT2D eigenvalue weighted by atomic mass is 28.3. The molecule has 0 amide bonds. The van der Waals surface area contributed by atoms with Crippen molar-refractivity contribution in [3.8, 4) is 0 Å². The summed E-state index contributed by atoms with van der Waals surface area (Å²) < 4.78 is 0. The van der Waals surface area contributed by atoms with Crippen LogP contribution in [0.15, 0.2) is 11.8 Å². The lowest BCUT2D eigenvalue weighted by Gasteiger charge is -2.34. The molecule has 0 spiro atoms. The van der Waals surface area contributed by atoms with Crippen molar-refractivity contribution in [3.05, 3.63) is 11.8 Å². The summed E-state index contributed by atoms with van der Waals surface area (Å²) in [5, 5.41) is 0. The van der Waals surface area contributed by atoms with Crippen LogP contribution < -0.4 is 0 Å². The van der Waals surface area contributed by atoms with Gasteiger partial charge in [0.25, 0.3) is 0 Å². The first-order chi connectivity index (χ1) is 6.76. The second kappa shape index (κ2) is 5.71. The molecule has 0 saturated carbocycles. The molecule has 0 radical (unpaired) electrons. The first kappa shape index (κ1) is 12.0. The van der Waals surface area contributed by atoms with Gasteiger partial charge in [-0.1, -0.05) is 37.7 Å². The Labute approximate surface area is 90.2 Å². The van der Waals surface area contributed by atoms with E-state index in [0.29, 0.717) is 0 Å². The van der Waals surface area contributed by atoms with Gasteiger partial charge in [0, 0.05) is 0 Å². The van der Waals surface area contributed by atoms with E-state index in [0.717, 1.165) is 0 Å². The summed E-state index contributed by atoms with van der Waals surface area (Å²) in [7, 11) is -1.01. The van der Waals surface area contributed by atoms with Crippen LogP contribution in [0.2, 0.25) is 18.1 Å². The van der Waals surface area contributed by atoms with Crippen LogP contribution in [0.5, 0.6) is 0 Å². The van der Waals surface area contributed by atoms with Gasteiger partial charge in [-0.05, 0) is 39.0 Å². The third kappa shape index (κ3) is 2.96. The molecule has 0 aliphatic carbocycles. The number of hydrogen-bond donors (Lipinski definition) is 0. The molecular weight excluding hydrogens is 186 g/mol. The van der Waals surface area contributed by atoms with Crippen molar-refractivity contribution in [2.45, 2.75) is 45.3 Å². The van der Waals surface area contributed by atoms with E-state index in [9.17, 15) is 0 Å². The molecule has 1 aliphatic heterocycles. The summed E-state index contributed by atoms with van der Waals surface area (Å²) in [6.07, 6.45) is 3.71. The third-order valence-corrected chi connectivity index (χ3v) is 8.88. The summed E-state index contributed by atoms with van der Waals surface area (Å²) in [5.41, 5.74) is 2.56. The zero-order valence-corrected chi connectivity index (χ0v) is 11.1. The van der Waals surface area contributed by atoms with Crippen LogP contribution in [0.25, 0.3) is 0 Å². The van der Waals surface area contributed by atoms with Crippen molar-refractivity contribution in [1.29, 1.82) is 0 Å². The molecule has 1 rings (SSSR count). The number of nitrogens with zero attached hydrogens (tertiary/aromatic N) is 1. The monoisotopic (exact) mass is 211 g/mol. The van der Waals surface area contributed by atoms with Crippen molar-refractivity contribution in [1.82, 2.24) is 4.90 Å². The quantitative estimate of drug-likeness (QED) is 0.609. The molecule has 0 aromatic carbocycles. The molecular formula is C12H25NSi. The average molecular weight is 211 g/mol. The number of hydrogen-bond acceptors (Lipinski definition) is 1. The Balaban J connectivity index is 2.39. The summed E-state index contributed by atoms with van der Waals surface area (Å²) in [6, 6.07) is 4.31. The summed E-state index contributed by atoms with van der Waals surface area (Å²) in [5.74, 6) is 0. The van der Waals surface area contributed by atoms with Gasteiger partial charge in [0.15, 0.2) is 0 Å². The van der Waals surface area contributed by atoms with Crippen LogP contribution >= 0.6 is 0 Å². The predicted octanol–water partition coefficient (Wildman–Crippen LogP) is 3.30. The fourth-order valence-corrected chi connectivity index (χ4v) is 5.58.